The van der Waals surface area contributed by atoms with Crippen molar-refractivity contribution in [2.24, 2.45) is 0 Å². The molecule has 0 radical (unpaired) electrons. The van der Waals surface area contributed by atoms with Crippen LogP contribution in [-0.4, -0.2) is 66.5 Å². The number of carbonyl (C=O) groups excluding carboxylic acids is 3. The highest BCUT2D eigenvalue weighted by Gasteiger charge is 2.28. The lowest BCUT2D eigenvalue weighted by Gasteiger charge is -2.21. The summed E-state index contributed by atoms with van der Waals surface area (Å²) < 4.78 is 39.3. The Labute approximate surface area is 413 Å². The van der Waals surface area contributed by atoms with Crippen molar-refractivity contribution in [1.29, 1.82) is 0 Å². The zero-order valence-electron chi connectivity index (χ0n) is 42.8. The van der Waals surface area contributed by atoms with Crippen LogP contribution in [0.2, 0.25) is 0 Å². The quantitative estimate of drug-likeness (QED) is 0.0197. The monoisotopic (exact) mass is 975 g/mol. The normalized spacial score (nSPS) is 14.1. The molecule has 0 fully saturated rings. The van der Waals surface area contributed by atoms with Gasteiger partial charge in [-0.25, -0.2) is 4.57 Å². The topological polar surface area (TPSA) is 155 Å². The molecular formula is C56H95O11P. The summed E-state index contributed by atoms with van der Waals surface area (Å²) in [7, 11) is -4.76. The summed E-state index contributed by atoms with van der Waals surface area (Å²) in [5.74, 6) is -1.53. The van der Waals surface area contributed by atoms with Crippen LogP contribution < -0.4 is 0 Å². The van der Waals surface area contributed by atoms with Gasteiger partial charge in [0, 0.05) is 19.3 Å². The summed E-state index contributed by atoms with van der Waals surface area (Å²) in [6.07, 6.45) is 55.5. The largest absolute Gasteiger partial charge is 0.472 e. The molecule has 0 aromatic rings. The summed E-state index contributed by atoms with van der Waals surface area (Å²) in [5.41, 5.74) is 0. The third-order valence-electron chi connectivity index (χ3n) is 10.8. The van der Waals surface area contributed by atoms with Crippen LogP contribution >= 0.6 is 7.82 Å². The molecule has 0 aliphatic heterocycles. The number of hydrogen-bond donors (Lipinski definition) is 2. The fraction of sp³-hybridized carbons (Fsp3) is 0.696. The van der Waals surface area contributed by atoms with E-state index in [0.29, 0.717) is 19.3 Å². The molecular weight excluding hydrogens is 880 g/mol. The Bertz CT molecular complexity index is 1460. The summed E-state index contributed by atoms with van der Waals surface area (Å²) in [6, 6.07) is 0. The second kappa shape index (κ2) is 50.1. The maximum atomic E-state index is 12.9. The first-order chi connectivity index (χ1) is 33.2. The molecule has 0 aromatic heterocycles. The fourth-order valence-electron chi connectivity index (χ4n) is 6.79. The Hall–Kier alpha value is -3.34. The van der Waals surface area contributed by atoms with Gasteiger partial charge in [-0.3, -0.25) is 23.4 Å². The van der Waals surface area contributed by atoms with Crippen molar-refractivity contribution in [3.05, 3.63) is 85.1 Å². The van der Waals surface area contributed by atoms with Crippen LogP contribution in [0.25, 0.3) is 0 Å². The van der Waals surface area contributed by atoms with Crippen molar-refractivity contribution < 1.29 is 52.2 Å². The number of rotatable bonds is 48. The fourth-order valence-corrected chi connectivity index (χ4v) is 7.57. The molecule has 0 heterocycles. The Balaban J connectivity index is 4.81. The average Bonchev–Trinajstić information content (AvgIpc) is 3.32. The average molecular weight is 975 g/mol. The number of aliphatic hydroxyl groups excluding tert-OH is 1. The number of ether oxygens (including phenoxy) is 3. The Morgan fingerprint density at radius 3 is 1.21 bits per heavy atom. The molecule has 0 spiro atoms. The number of phosphoric ester groups is 1. The van der Waals surface area contributed by atoms with Crippen LogP contribution in [0.1, 0.15) is 213 Å². The minimum atomic E-state index is -4.76. The van der Waals surface area contributed by atoms with Gasteiger partial charge in [0.05, 0.1) is 19.8 Å². The molecule has 2 N–H and O–H groups in total. The summed E-state index contributed by atoms with van der Waals surface area (Å²) in [5, 5.41) is 9.77. The van der Waals surface area contributed by atoms with E-state index in [0.717, 1.165) is 128 Å². The van der Waals surface area contributed by atoms with Gasteiger partial charge in [-0.2, -0.15) is 0 Å². The minimum Gasteiger partial charge on any atom is -0.462 e. The number of esters is 3. The Morgan fingerprint density at radius 1 is 0.426 bits per heavy atom. The van der Waals surface area contributed by atoms with Crippen molar-refractivity contribution in [3.63, 3.8) is 0 Å². The highest BCUT2D eigenvalue weighted by atomic mass is 31.2. The van der Waals surface area contributed by atoms with Gasteiger partial charge < -0.3 is 24.2 Å². The third-order valence-corrected chi connectivity index (χ3v) is 11.7. The Morgan fingerprint density at radius 2 is 0.765 bits per heavy atom. The number of phosphoric acid groups is 1. The van der Waals surface area contributed by atoms with E-state index >= 15 is 0 Å². The zero-order chi connectivity index (χ0) is 49.9. The minimum absolute atomic E-state index is 0.137. The van der Waals surface area contributed by atoms with E-state index in [1.807, 2.05) is 0 Å². The maximum Gasteiger partial charge on any atom is 0.472 e. The van der Waals surface area contributed by atoms with Gasteiger partial charge in [0.25, 0.3) is 0 Å². The van der Waals surface area contributed by atoms with E-state index in [1.165, 1.54) is 25.7 Å². The van der Waals surface area contributed by atoms with Crippen LogP contribution in [0.5, 0.6) is 0 Å². The van der Waals surface area contributed by atoms with E-state index in [-0.39, 0.29) is 25.9 Å². The van der Waals surface area contributed by atoms with E-state index in [2.05, 4.69) is 106 Å². The van der Waals surface area contributed by atoms with Gasteiger partial charge in [-0.05, 0) is 109 Å². The number of unbranched alkanes of at least 4 members (excludes halogenated alkanes) is 17. The lowest BCUT2D eigenvalue weighted by atomic mass is 10.1. The van der Waals surface area contributed by atoms with Crippen LogP contribution in [-0.2, 0) is 42.2 Å². The van der Waals surface area contributed by atoms with Gasteiger partial charge >= 0.3 is 25.7 Å². The van der Waals surface area contributed by atoms with E-state index < -0.39 is 57.8 Å². The standard InChI is InChI=1S/C56H95O11P/c1-4-7-10-13-16-19-22-25-26-29-32-35-38-41-44-47-56(60)67-53(49-63-54(58)45-42-39-36-33-30-27-23-20-17-14-11-8-5-2)51-65-68(61,62)64-50-52(48-57)66-55(59)46-43-40-37-34-31-28-24-21-18-15-12-9-6-3/h7,9-10,12,16,18-21,23,25-26,28,31,52-53,57H,4-6,8,11,13-15,17,22,24,27,29-30,32-51H2,1-3H3,(H,61,62)/b10-7-,12-9-,19-16-,21-18-,23-20-,26-25-,31-28-. The van der Waals surface area contributed by atoms with Crippen molar-refractivity contribution in [2.45, 2.75) is 226 Å². The van der Waals surface area contributed by atoms with Gasteiger partial charge in [0.15, 0.2) is 6.10 Å². The van der Waals surface area contributed by atoms with Crippen LogP contribution in [0, 0.1) is 0 Å². The Kier molecular flexibility index (Phi) is 47.6. The molecule has 0 rings (SSSR count). The molecule has 0 saturated carbocycles. The van der Waals surface area contributed by atoms with Crippen molar-refractivity contribution in [1.82, 2.24) is 0 Å². The van der Waals surface area contributed by atoms with Crippen molar-refractivity contribution in [2.75, 3.05) is 26.4 Å². The molecule has 12 heteroatoms. The van der Waals surface area contributed by atoms with Crippen molar-refractivity contribution in [3.8, 4) is 0 Å². The zero-order valence-corrected chi connectivity index (χ0v) is 43.7. The first-order valence-electron chi connectivity index (χ1n) is 26.5. The predicted molar refractivity (Wildman–Crippen MR) is 279 cm³/mol. The highest BCUT2D eigenvalue weighted by molar-refractivity contribution is 7.47. The molecule has 11 nitrogen and oxygen atoms in total. The van der Waals surface area contributed by atoms with Crippen LogP contribution in [0.3, 0.4) is 0 Å². The molecule has 0 saturated heterocycles. The van der Waals surface area contributed by atoms with E-state index in [4.69, 9.17) is 23.3 Å². The first-order valence-corrected chi connectivity index (χ1v) is 28.0. The SMILES string of the molecule is CC/C=C\C/C=C\C/C=C\CCCCCCCC(=O)OC(COC(=O)CCCCCCC/C=C\CCCCCC)COP(=O)(O)OCC(CO)OC(=O)CCCCC/C=C\C/C=C\C/C=C\CC. The molecule has 390 valence electrons. The smallest absolute Gasteiger partial charge is 0.462 e. The lowest BCUT2D eigenvalue weighted by molar-refractivity contribution is -0.161. The second-order valence-electron chi connectivity index (χ2n) is 17.3. The van der Waals surface area contributed by atoms with E-state index in [1.54, 1.807) is 0 Å². The second-order valence-corrected chi connectivity index (χ2v) is 18.7. The third kappa shape index (κ3) is 47.7. The first kappa shape index (κ1) is 64.7. The van der Waals surface area contributed by atoms with Crippen LogP contribution in [0.4, 0.5) is 0 Å². The molecule has 0 aliphatic carbocycles. The molecule has 0 aromatic carbocycles. The molecule has 0 aliphatic rings. The number of aliphatic hydroxyl groups is 1. The molecule has 3 atom stereocenters. The van der Waals surface area contributed by atoms with Gasteiger partial charge in [-0.15, -0.1) is 0 Å². The summed E-state index contributed by atoms with van der Waals surface area (Å²) >= 11 is 0. The predicted octanol–water partition coefficient (Wildman–Crippen LogP) is 15.1. The molecule has 68 heavy (non-hydrogen) atoms. The number of hydrogen-bond acceptors (Lipinski definition) is 10. The molecule has 0 bridgehead atoms. The summed E-state index contributed by atoms with van der Waals surface area (Å²) in [6.45, 7) is 4.32. The highest BCUT2D eigenvalue weighted by Crippen LogP contribution is 2.43. The number of allylic oxidation sites excluding steroid dienone is 14. The van der Waals surface area contributed by atoms with Gasteiger partial charge in [0.2, 0.25) is 0 Å². The van der Waals surface area contributed by atoms with Gasteiger partial charge in [-0.1, -0.05) is 170 Å². The lowest BCUT2D eigenvalue weighted by Crippen LogP contribution is -2.30. The summed E-state index contributed by atoms with van der Waals surface area (Å²) in [4.78, 5) is 48.3. The van der Waals surface area contributed by atoms with Crippen molar-refractivity contribution >= 4 is 25.7 Å². The van der Waals surface area contributed by atoms with E-state index in [9.17, 15) is 28.9 Å². The molecule has 3 unspecified atom stereocenters. The molecule has 0 amide bonds. The van der Waals surface area contributed by atoms with Crippen LogP contribution in [0.15, 0.2) is 85.1 Å². The van der Waals surface area contributed by atoms with Gasteiger partial charge in [0.1, 0.15) is 12.7 Å². The number of carbonyl (C=O) groups is 3. The maximum absolute atomic E-state index is 12.9.